The van der Waals surface area contributed by atoms with Gasteiger partial charge in [0.2, 0.25) is 0 Å². The van der Waals surface area contributed by atoms with E-state index in [1.165, 1.54) is 0 Å². The lowest BCUT2D eigenvalue weighted by molar-refractivity contribution is 1.07. The van der Waals surface area contributed by atoms with Crippen LogP contribution in [0.15, 0.2) is 45.3 Å². The van der Waals surface area contributed by atoms with Gasteiger partial charge in [0.1, 0.15) is 5.82 Å². The quantitative estimate of drug-likeness (QED) is 0.699. The molecule has 0 bridgehead atoms. The van der Waals surface area contributed by atoms with Crippen molar-refractivity contribution in [3.63, 3.8) is 0 Å². The number of imidazole rings is 1. The van der Waals surface area contributed by atoms with Gasteiger partial charge in [-0.15, -0.1) is 0 Å². The van der Waals surface area contributed by atoms with E-state index in [1.54, 1.807) is 0 Å². The number of nitrogens with zero attached hydrogens (tertiary/aromatic N) is 1. The molecule has 0 spiro atoms. The molecule has 3 nitrogen and oxygen atoms in total. The minimum atomic E-state index is 0.534. The van der Waals surface area contributed by atoms with Crippen LogP contribution in [0.3, 0.4) is 0 Å². The molecule has 1 aromatic heterocycles. The molecule has 3 aromatic rings. The lowest BCUT2D eigenvalue weighted by atomic mass is 10.2. The Bertz CT molecular complexity index is 750. The van der Waals surface area contributed by atoms with E-state index in [4.69, 9.17) is 5.73 Å². The van der Waals surface area contributed by atoms with Gasteiger partial charge in [-0.2, -0.15) is 0 Å². The monoisotopic (exact) mass is 379 g/mol. The maximum absolute atomic E-state index is 5.65. The third-order valence-electron chi connectivity index (χ3n) is 2.97. The number of benzene rings is 2. The van der Waals surface area contributed by atoms with E-state index in [9.17, 15) is 0 Å². The number of aromatic nitrogens is 2. The van der Waals surface area contributed by atoms with Gasteiger partial charge in [-0.1, -0.05) is 22.0 Å². The maximum Gasteiger partial charge on any atom is 0.139 e. The van der Waals surface area contributed by atoms with Crippen LogP contribution in [-0.2, 0) is 6.54 Å². The van der Waals surface area contributed by atoms with Crippen LogP contribution < -0.4 is 5.73 Å². The zero-order valence-electron chi connectivity index (χ0n) is 9.95. The third kappa shape index (κ3) is 2.45. The van der Waals surface area contributed by atoms with Gasteiger partial charge < -0.3 is 10.7 Å². The van der Waals surface area contributed by atoms with Crippen molar-refractivity contribution in [3.05, 3.63) is 50.9 Å². The van der Waals surface area contributed by atoms with E-state index < -0.39 is 0 Å². The predicted octanol–water partition coefficient (Wildman–Crippen LogP) is 4.21. The van der Waals surface area contributed by atoms with E-state index in [1.807, 2.05) is 36.4 Å². The fraction of sp³-hybridized carbons (Fsp3) is 0.0714. The number of hydrogen-bond donors (Lipinski definition) is 2. The largest absolute Gasteiger partial charge is 0.338 e. The third-order valence-corrected chi connectivity index (χ3v) is 4.12. The summed E-state index contributed by atoms with van der Waals surface area (Å²) in [7, 11) is 0. The van der Waals surface area contributed by atoms with Crippen LogP contribution in [-0.4, -0.2) is 9.97 Å². The Kier molecular flexibility index (Phi) is 3.43. The molecule has 2 aromatic carbocycles. The summed E-state index contributed by atoms with van der Waals surface area (Å²) in [6.45, 7) is 0.534. The minimum absolute atomic E-state index is 0.534. The van der Waals surface area contributed by atoms with Gasteiger partial charge in [0.05, 0.1) is 11.0 Å². The lowest BCUT2D eigenvalue weighted by Crippen LogP contribution is -1.95. The maximum atomic E-state index is 5.65. The number of halogens is 2. The highest BCUT2D eigenvalue weighted by molar-refractivity contribution is 9.11. The summed E-state index contributed by atoms with van der Waals surface area (Å²) in [5, 5.41) is 0. The molecular formula is C14H11Br2N3. The van der Waals surface area contributed by atoms with E-state index in [2.05, 4.69) is 41.8 Å². The molecule has 96 valence electrons. The zero-order valence-corrected chi connectivity index (χ0v) is 13.1. The first kappa shape index (κ1) is 12.8. The van der Waals surface area contributed by atoms with Crippen LogP contribution in [0.25, 0.3) is 22.4 Å². The van der Waals surface area contributed by atoms with Gasteiger partial charge >= 0.3 is 0 Å². The number of fused-ring (bicyclic) bond motifs is 1. The molecule has 0 unspecified atom stereocenters. The highest BCUT2D eigenvalue weighted by atomic mass is 79.9. The highest BCUT2D eigenvalue weighted by Crippen LogP contribution is 2.30. The first-order valence-corrected chi connectivity index (χ1v) is 7.40. The van der Waals surface area contributed by atoms with Crippen molar-refractivity contribution in [3.8, 4) is 11.4 Å². The normalized spacial score (nSPS) is 11.1. The lowest BCUT2D eigenvalue weighted by Gasteiger charge is -2.00. The van der Waals surface area contributed by atoms with Gasteiger partial charge in [-0.05, 0) is 51.8 Å². The fourth-order valence-corrected chi connectivity index (χ4v) is 3.23. The molecule has 0 aliphatic rings. The van der Waals surface area contributed by atoms with Gasteiger partial charge in [0, 0.05) is 21.1 Å². The number of nitrogens with one attached hydrogen (secondary N) is 1. The molecule has 0 aliphatic heterocycles. The van der Waals surface area contributed by atoms with Crippen LogP contribution in [0.2, 0.25) is 0 Å². The smallest absolute Gasteiger partial charge is 0.139 e. The van der Waals surface area contributed by atoms with Crippen molar-refractivity contribution in [1.82, 2.24) is 9.97 Å². The number of H-pyrrole nitrogens is 1. The summed E-state index contributed by atoms with van der Waals surface area (Å²) < 4.78 is 2.03. The number of aromatic amines is 1. The summed E-state index contributed by atoms with van der Waals surface area (Å²) in [4.78, 5) is 7.94. The molecule has 0 atom stereocenters. The molecule has 3 rings (SSSR count). The molecule has 19 heavy (non-hydrogen) atoms. The molecule has 0 aliphatic carbocycles. The van der Waals surface area contributed by atoms with E-state index in [0.29, 0.717) is 6.54 Å². The topological polar surface area (TPSA) is 54.7 Å². The Morgan fingerprint density at radius 3 is 2.68 bits per heavy atom. The van der Waals surface area contributed by atoms with Crippen LogP contribution in [0.4, 0.5) is 0 Å². The number of nitrogens with two attached hydrogens (primary N) is 1. The minimum Gasteiger partial charge on any atom is -0.338 e. The first-order chi connectivity index (χ1) is 9.17. The van der Waals surface area contributed by atoms with Crippen LogP contribution in [0.5, 0.6) is 0 Å². The summed E-state index contributed by atoms with van der Waals surface area (Å²) in [5.41, 5.74) is 9.74. The molecule has 1 heterocycles. The van der Waals surface area contributed by atoms with Crippen LogP contribution >= 0.6 is 31.9 Å². The zero-order chi connectivity index (χ0) is 13.4. The van der Waals surface area contributed by atoms with Crippen molar-refractivity contribution in [2.24, 2.45) is 5.73 Å². The predicted molar refractivity (Wildman–Crippen MR) is 84.8 cm³/mol. The Balaban J connectivity index is 2.14. The molecule has 0 radical (unpaired) electrons. The first-order valence-electron chi connectivity index (χ1n) is 5.81. The highest BCUT2D eigenvalue weighted by Gasteiger charge is 2.09. The molecule has 3 N–H and O–H groups in total. The number of hydrogen-bond acceptors (Lipinski definition) is 2. The molecule has 0 amide bonds. The van der Waals surface area contributed by atoms with Crippen molar-refractivity contribution >= 4 is 42.9 Å². The summed E-state index contributed by atoms with van der Waals surface area (Å²) >= 11 is 7.01. The van der Waals surface area contributed by atoms with Crippen molar-refractivity contribution in [2.45, 2.75) is 6.54 Å². The Hall–Kier alpha value is -1.17. The van der Waals surface area contributed by atoms with Crippen molar-refractivity contribution in [1.29, 1.82) is 0 Å². The molecule has 0 saturated carbocycles. The molecule has 0 saturated heterocycles. The molecule has 5 heteroatoms. The fourth-order valence-electron chi connectivity index (χ4n) is 1.99. The van der Waals surface area contributed by atoms with Gasteiger partial charge in [-0.3, -0.25) is 0 Å². The average Bonchev–Trinajstić information content (AvgIpc) is 2.80. The SMILES string of the molecule is NCc1ccc2nc(-c3ccc(Br)cc3Br)[nH]c2c1. The van der Waals surface area contributed by atoms with E-state index in [-0.39, 0.29) is 0 Å². The van der Waals surface area contributed by atoms with E-state index >= 15 is 0 Å². The second-order valence-electron chi connectivity index (χ2n) is 4.27. The summed E-state index contributed by atoms with van der Waals surface area (Å²) in [6, 6.07) is 12.1. The average molecular weight is 381 g/mol. The van der Waals surface area contributed by atoms with Crippen molar-refractivity contribution in [2.75, 3.05) is 0 Å². The molecular weight excluding hydrogens is 370 g/mol. The standard InChI is InChI=1S/C14H11Br2N3/c15-9-2-3-10(11(16)6-9)14-18-12-4-1-8(7-17)5-13(12)19-14/h1-6H,7,17H2,(H,18,19). The van der Waals surface area contributed by atoms with Crippen LogP contribution in [0.1, 0.15) is 5.56 Å². The van der Waals surface area contributed by atoms with Gasteiger partial charge in [0.15, 0.2) is 0 Å². The summed E-state index contributed by atoms with van der Waals surface area (Å²) in [5.74, 6) is 0.851. The van der Waals surface area contributed by atoms with Gasteiger partial charge in [0.25, 0.3) is 0 Å². The van der Waals surface area contributed by atoms with Crippen LogP contribution in [0, 0.1) is 0 Å². The van der Waals surface area contributed by atoms with Crippen molar-refractivity contribution < 1.29 is 0 Å². The second-order valence-corrected chi connectivity index (χ2v) is 6.04. The second kappa shape index (κ2) is 5.07. The molecule has 0 fully saturated rings. The van der Waals surface area contributed by atoms with E-state index in [0.717, 1.165) is 36.9 Å². The number of rotatable bonds is 2. The van der Waals surface area contributed by atoms with Gasteiger partial charge in [-0.25, -0.2) is 4.98 Å². The Labute approximate surface area is 127 Å². The Morgan fingerprint density at radius 2 is 1.95 bits per heavy atom. The summed E-state index contributed by atoms with van der Waals surface area (Å²) in [6.07, 6.45) is 0. The Morgan fingerprint density at radius 1 is 1.11 bits per heavy atom.